The highest BCUT2D eigenvalue weighted by Crippen LogP contribution is 2.16. The summed E-state index contributed by atoms with van der Waals surface area (Å²) in [5.74, 6) is 0.385. The summed E-state index contributed by atoms with van der Waals surface area (Å²) >= 11 is 0. The van der Waals surface area contributed by atoms with E-state index in [0.29, 0.717) is 11.5 Å². The first kappa shape index (κ1) is 8.83. The second-order valence-electron chi connectivity index (χ2n) is 2.89. The molecule has 1 N–H and O–H groups in total. The number of aliphatic hydroxyl groups excluding tert-OH is 1. The second-order valence-corrected chi connectivity index (χ2v) is 2.89. The first-order valence-corrected chi connectivity index (χ1v) is 4.22. The molecule has 2 rings (SSSR count). The molecular formula is C9H10N4O. The van der Waals surface area contributed by atoms with Crippen LogP contribution in [-0.2, 0) is 7.05 Å². The molecule has 0 amide bonds. The van der Waals surface area contributed by atoms with Gasteiger partial charge in [0.25, 0.3) is 0 Å². The van der Waals surface area contributed by atoms with E-state index in [2.05, 4.69) is 15.1 Å². The molecule has 2 aromatic heterocycles. The first-order valence-electron chi connectivity index (χ1n) is 4.22. The van der Waals surface area contributed by atoms with Crippen LogP contribution in [0.25, 0.3) is 0 Å². The standard InChI is InChI=1S/C9H10N4O/c1-13-7(3-6-12-13)8(14)9-10-4-2-5-11-9/h2-6,8,14H,1H3. The summed E-state index contributed by atoms with van der Waals surface area (Å²) in [6, 6.07) is 3.44. The normalized spacial score (nSPS) is 12.7. The zero-order valence-corrected chi connectivity index (χ0v) is 7.70. The van der Waals surface area contributed by atoms with Crippen LogP contribution in [0.3, 0.4) is 0 Å². The molecule has 5 nitrogen and oxygen atoms in total. The maximum absolute atomic E-state index is 9.88. The molecule has 0 fully saturated rings. The van der Waals surface area contributed by atoms with Crippen molar-refractivity contribution in [3.63, 3.8) is 0 Å². The Balaban J connectivity index is 2.34. The van der Waals surface area contributed by atoms with E-state index >= 15 is 0 Å². The van der Waals surface area contributed by atoms with Gasteiger partial charge in [-0.25, -0.2) is 9.97 Å². The number of aromatic nitrogens is 4. The smallest absolute Gasteiger partial charge is 0.163 e. The molecule has 0 spiro atoms. The van der Waals surface area contributed by atoms with Gasteiger partial charge in [-0.2, -0.15) is 5.10 Å². The van der Waals surface area contributed by atoms with Gasteiger partial charge in [0, 0.05) is 25.6 Å². The predicted octanol–water partition coefficient (Wildman–Crippen LogP) is 0.292. The molecule has 0 aliphatic heterocycles. The monoisotopic (exact) mass is 190 g/mol. The lowest BCUT2D eigenvalue weighted by atomic mass is 10.2. The van der Waals surface area contributed by atoms with E-state index in [0.717, 1.165) is 0 Å². The summed E-state index contributed by atoms with van der Waals surface area (Å²) in [4.78, 5) is 7.95. The Morgan fingerprint density at radius 3 is 2.57 bits per heavy atom. The summed E-state index contributed by atoms with van der Waals surface area (Å²) in [6.45, 7) is 0. The lowest BCUT2D eigenvalue weighted by Gasteiger charge is -2.08. The Morgan fingerprint density at radius 2 is 2.00 bits per heavy atom. The van der Waals surface area contributed by atoms with E-state index in [9.17, 15) is 5.11 Å². The molecule has 14 heavy (non-hydrogen) atoms. The Bertz CT molecular complexity index is 412. The Labute approximate surface area is 81.1 Å². The molecule has 2 heterocycles. The van der Waals surface area contributed by atoms with E-state index in [-0.39, 0.29) is 0 Å². The number of aryl methyl sites for hydroxylation is 1. The highest BCUT2D eigenvalue weighted by atomic mass is 16.3. The zero-order valence-electron chi connectivity index (χ0n) is 7.70. The molecule has 2 aromatic rings. The van der Waals surface area contributed by atoms with Gasteiger partial charge in [-0.3, -0.25) is 4.68 Å². The highest BCUT2D eigenvalue weighted by molar-refractivity contribution is 5.12. The number of aliphatic hydroxyl groups is 1. The summed E-state index contributed by atoms with van der Waals surface area (Å²) < 4.78 is 1.60. The minimum absolute atomic E-state index is 0.385. The van der Waals surface area contributed by atoms with Gasteiger partial charge < -0.3 is 5.11 Å². The summed E-state index contributed by atoms with van der Waals surface area (Å²) in [5.41, 5.74) is 0.677. The van der Waals surface area contributed by atoms with Crippen LogP contribution >= 0.6 is 0 Å². The summed E-state index contributed by atoms with van der Waals surface area (Å²) in [5, 5.41) is 13.8. The van der Waals surface area contributed by atoms with Crippen LogP contribution in [0.4, 0.5) is 0 Å². The van der Waals surface area contributed by atoms with Crippen molar-refractivity contribution in [2.45, 2.75) is 6.10 Å². The van der Waals surface area contributed by atoms with E-state index in [1.807, 2.05) is 0 Å². The SMILES string of the molecule is Cn1nccc1C(O)c1ncccn1. The summed E-state index contributed by atoms with van der Waals surface area (Å²) in [6.07, 6.45) is 4.01. The van der Waals surface area contributed by atoms with Crippen LogP contribution in [0.1, 0.15) is 17.6 Å². The molecule has 0 aliphatic rings. The number of nitrogens with zero attached hydrogens (tertiary/aromatic N) is 4. The molecule has 0 radical (unpaired) electrons. The third-order valence-electron chi connectivity index (χ3n) is 1.97. The maximum Gasteiger partial charge on any atom is 0.163 e. The lowest BCUT2D eigenvalue weighted by Crippen LogP contribution is -2.09. The average Bonchev–Trinajstić information content (AvgIpc) is 2.65. The number of hydrogen-bond acceptors (Lipinski definition) is 4. The number of rotatable bonds is 2. The van der Waals surface area contributed by atoms with Gasteiger partial charge in [0.05, 0.1) is 5.69 Å². The van der Waals surface area contributed by atoms with Gasteiger partial charge in [0.15, 0.2) is 11.9 Å². The van der Waals surface area contributed by atoms with Crippen molar-refractivity contribution in [2.24, 2.45) is 7.05 Å². The molecule has 72 valence electrons. The molecule has 0 bridgehead atoms. The van der Waals surface area contributed by atoms with Gasteiger partial charge in [0.2, 0.25) is 0 Å². The third-order valence-corrected chi connectivity index (χ3v) is 1.97. The highest BCUT2D eigenvalue weighted by Gasteiger charge is 2.15. The second kappa shape index (κ2) is 3.55. The van der Waals surface area contributed by atoms with Crippen LogP contribution in [0.15, 0.2) is 30.7 Å². The Kier molecular flexibility index (Phi) is 2.24. The van der Waals surface area contributed by atoms with Gasteiger partial charge in [-0.05, 0) is 12.1 Å². The fraction of sp³-hybridized carbons (Fsp3) is 0.222. The molecule has 0 aliphatic carbocycles. The van der Waals surface area contributed by atoms with Crippen molar-refractivity contribution in [3.8, 4) is 0 Å². The fourth-order valence-corrected chi connectivity index (χ4v) is 1.24. The van der Waals surface area contributed by atoms with Crippen LogP contribution in [-0.4, -0.2) is 24.9 Å². The van der Waals surface area contributed by atoms with Crippen molar-refractivity contribution in [1.82, 2.24) is 19.7 Å². The first-order chi connectivity index (χ1) is 6.79. The van der Waals surface area contributed by atoms with Crippen molar-refractivity contribution >= 4 is 0 Å². The maximum atomic E-state index is 9.88. The van der Waals surface area contributed by atoms with Gasteiger partial charge >= 0.3 is 0 Å². The fourth-order valence-electron chi connectivity index (χ4n) is 1.24. The van der Waals surface area contributed by atoms with E-state index in [4.69, 9.17) is 0 Å². The van der Waals surface area contributed by atoms with Crippen LogP contribution in [0.2, 0.25) is 0 Å². The molecule has 5 heteroatoms. The van der Waals surface area contributed by atoms with Gasteiger partial charge in [0.1, 0.15) is 0 Å². The van der Waals surface area contributed by atoms with Crippen molar-refractivity contribution < 1.29 is 5.11 Å². The largest absolute Gasteiger partial charge is 0.379 e. The van der Waals surface area contributed by atoms with Gasteiger partial charge in [-0.15, -0.1) is 0 Å². The predicted molar refractivity (Wildman–Crippen MR) is 49.3 cm³/mol. The number of hydrogen-bond donors (Lipinski definition) is 1. The molecule has 0 saturated heterocycles. The minimum atomic E-state index is -0.816. The lowest BCUT2D eigenvalue weighted by molar-refractivity contribution is 0.199. The minimum Gasteiger partial charge on any atom is -0.379 e. The van der Waals surface area contributed by atoms with Crippen LogP contribution in [0.5, 0.6) is 0 Å². The molecule has 1 atom stereocenters. The quantitative estimate of drug-likeness (QED) is 0.739. The van der Waals surface area contributed by atoms with E-state index in [1.165, 1.54) is 0 Å². The molecule has 0 aromatic carbocycles. The van der Waals surface area contributed by atoms with Crippen LogP contribution in [0, 0.1) is 0 Å². The van der Waals surface area contributed by atoms with E-state index < -0.39 is 6.10 Å². The third kappa shape index (κ3) is 1.49. The Morgan fingerprint density at radius 1 is 1.29 bits per heavy atom. The molecule has 0 saturated carbocycles. The van der Waals surface area contributed by atoms with E-state index in [1.54, 1.807) is 42.5 Å². The molecular weight excluding hydrogens is 180 g/mol. The van der Waals surface area contributed by atoms with Crippen molar-refractivity contribution in [3.05, 3.63) is 42.2 Å². The Hall–Kier alpha value is -1.75. The van der Waals surface area contributed by atoms with Crippen LogP contribution < -0.4 is 0 Å². The topological polar surface area (TPSA) is 63.8 Å². The zero-order chi connectivity index (χ0) is 9.97. The summed E-state index contributed by atoms with van der Waals surface area (Å²) in [7, 11) is 1.77. The van der Waals surface area contributed by atoms with Gasteiger partial charge in [-0.1, -0.05) is 0 Å². The van der Waals surface area contributed by atoms with Crippen molar-refractivity contribution in [2.75, 3.05) is 0 Å². The van der Waals surface area contributed by atoms with Crippen molar-refractivity contribution in [1.29, 1.82) is 0 Å². The average molecular weight is 190 g/mol. The molecule has 1 unspecified atom stereocenters.